The van der Waals surface area contributed by atoms with Crippen LogP contribution in [0.1, 0.15) is 5.56 Å². The van der Waals surface area contributed by atoms with Crippen LogP contribution in [0.4, 0.5) is 42.0 Å². The first-order valence-corrected chi connectivity index (χ1v) is 13.0. The molecular weight excluding hydrogens is 561 g/mol. The second-order valence-electron chi connectivity index (χ2n) is 9.42. The van der Waals surface area contributed by atoms with Gasteiger partial charge in [-0.2, -0.15) is 18.2 Å². The van der Waals surface area contributed by atoms with Crippen LogP contribution in [0.5, 0.6) is 0 Å². The molecule has 41 heavy (non-hydrogen) atoms. The molecule has 5 N–H and O–H groups in total. The Hall–Kier alpha value is -3.91. The van der Waals surface area contributed by atoms with Gasteiger partial charge in [-0.05, 0) is 50.5 Å². The smallest absolute Gasteiger partial charge is 0.378 e. The highest BCUT2D eigenvalue weighted by Crippen LogP contribution is 2.42. The number of anilines is 5. The van der Waals surface area contributed by atoms with Crippen LogP contribution < -0.4 is 26.8 Å². The summed E-state index contributed by atoms with van der Waals surface area (Å²) in [7, 11) is 3.69. The largest absolute Gasteiger partial charge is 0.422 e. The third-order valence-electron chi connectivity index (χ3n) is 5.99. The number of nitrogens with two attached hydrogens (primary N) is 1. The van der Waals surface area contributed by atoms with Crippen molar-refractivity contribution in [3.8, 4) is 11.3 Å². The van der Waals surface area contributed by atoms with Gasteiger partial charge < -0.3 is 30.6 Å². The van der Waals surface area contributed by atoms with Crippen LogP contribution in [0.2, 0.25) is 5.02 Å². The van der Waals surface area contributed by atoms with Gasteiger partial charge in [-0.25, -0.2) is 10.8 Å². The van der Waals surface area contributed by atoms with Crippen LogP contribution in [0.3, 0.4) is 0 Å². The zero-order valence-electron chi connectivity index (χ0n) is 22.4. The molecule has 1 aromatic heterocycles. The predicted octanol–water partition coefficient (Wildman–Crippen LogP) is 4.74. The molecule has 10 nitrogen and oxygen atoms in total. The van der Waals surface area contributed by atoms with Crippen molar-refractivity contribution in [2.45, 2.75) is 6.18 Å². The van der Waals surface area contributed by atoms with Gasteiger partial charge in [0.25, 0.3) is 0 Å². The van der Waals surface area contributed by atoms with E-state index in [0.29, 0.717) is 38.5 Å². The van der Waals surface area contributed by atoms with Crippen LogP contribution in [0, 0.1) is 0 Å². The van der Waals surface area contributed by atoms with Gasteiger partial charge in [-0.15, -0.1) is 0 Å². The number of nitrogen functional groups attached to an aromatic ring is 1. The molecule has 1 amide bonds. The number of morpholine rings is 1. The topological polar surface area (TPSA) is 121 Å². The van der Waals surface area contributed by atoms with Gasteiger partial charge in [-0.1, -0.05) is 23.7 Å². The van der Waals surface area contributed by atoms with Crippen LogP contribution in [-0.4, -0.2) is 67.7 Å². The van der Waals surface area contributed by atoms with Crippen molar-refractivity contribution in [1.82, 2.24) is 14.9 Å². The number of aromatic nitrogens is 2. The first kappa shape index (κ1) is 30.1. The number of hydrazine groups is 1. The van der Waals surface area contributed by atoms with Gasteiger partial charge in [0.2, 0.25) is 11.9 Å². The normalized spacial score (nSPS) is 14.0. The van der Waals surface area contributed by atoms with Crippen molar-refractivity contribution < 1.29 is 22.7 Å². The van der Waals surface area contributed by atoms with Gasteiger partial charge in [0, 0.05) is 53.4 Å². The van der Waals surface area contributed by atoms with Crippen molar-refractivity contribution in [2.75, 3.05) is 67.9 Å². The van der Waals surface area contributed by atoms with Crippen molar-refractivity contribution >= 4 is 46.3 Å². The second kappa shape index (κ2) is 13.2. The van der Waals surface area contributed by atoms with Crippen molar-refractivity contribution in [3.05, 3.63) is 65.2 Å². The molecule has 0 spiro atoms. The molecule has 0 atom stereocenters. The Morgan fingerprint density at radius 3 is 2.59 bits per heavy atom. The highest BCUT2D eigenvalue weighted by Gasteiger charge is 2.39. The summed E-state index contributed by atoms with van der Waals surface area (Å²) in [6.07, 6.45) is -1.89. The molecule has 2 heterocycles. The highest BCUT2D eigenvalue weighted by molar-refractivity contribution is 6.31. The monoisotopic (exact) mass is 590 g/mol. The zero-order chi connectivity index (χ0) is 29.6. The van der Waals surface area contributed by atoms with Crippen LogP contribution in [0.25, 0.3) is 11.3 Å². The summed E-state index contributed by atoms with van der Waals surface area (Å²) in [6.45, 7) is 3.16. The lowest BCUT2D eigenvalue weighted by molar-refractivity contribution is -0.136. The molecule has 0 bridgehead atoms. The summed E-state index contributed by atoms with van der Waals surface area (Å²) in [5.74, 6) is 4.26. The quantitative estimate of drug-likeness (QED) is 0.159. The SMILES string of the molecule is CN(C)C/C=C/C(=O)Nc1cc(Cl)cc(-c2nc(Nc3cccc(N4CCOCC4)c3)nc(NN)c2C(F)(F)F)c1. The van der Waals surface area contributed by atoms with E-state index in [-0.39, 0.29) is 22.2 Å². The van der Waals surface area contributed by atoms with E-state index in [2.05, 4.69) is 25.5 Å². The molecular formula is C27H30ClF3N8O2. The van der Waals surface area contributed by atoms with Gasteiger partial charge in [-0.3, -0.25) is 4.79 Å². The molecule has 2 aromatic carbocycles. The lowest BCUT2D eigenvalue weighted by Gasteiger charge is -2.29. The fourth-order valence-corrected chi connectivity index (χ4v) is 4.42. The minimum absolute atomic E-state index is 0.00131. The second-order valence-corrected chi connectivity index (χ2v) is 9.86. The maximum absolute atomic E-state index is 14.3. The average molecular weight is 591 g/mol. The summed E-state index contributed by atoms with van der Waals surface area (Å²) in [5.41, 5.74) is 2.05. The average Bonchev–Trinajstić information content (AvgIpc) is 2.92. The standard InChI is InChI=1S/C27H30ClF3N8O2/c1-38(2)8-4-7-22(40)33-20-14-17(13-18(28)15-20)24-23(27(29,30)31)25(37-32)36-26(35-24)34-19-5-3-6-21(16-19)39-9-11-41-12-10-39/h3-7,13-16H,8-12,32H2,1-2H3,(H,33,40)(H2,34,35,36,37)/b7-4+. The molecule has 0 aliphatic carbocycles. The molecule has 218 valence electrons. The summed E-state index contributed by atoms with van der Waals surface area (Å²) in [6, 6.07) is 11.4. The van der Waals surface area contributed by atoms with E-state index in [1.165, 1.54) is 24.3 Å². The highest BCUT2D eigenvalue weighted by atomic mass is 35.5. The predicted molar refractivity (Wildman–Crippen MR) is 154 cm³/mol. The number of nitrogens with zero attached hydrogens (tertiary/aromatic N) is 4. The Balaban J connectivity index is 1.71. The number of hydrogen-bond acceptors (Lipinski definition) is 9. The lowest BCUT2D eigenvalue weighted by Crippen LogP contribution is -2.36. The first-order chi connectivity index (χ1) is 19.5. The molecule has 3 aromatic rings. The number of hydrogen-bond donors (Lipinski definition) is 4. The maximum Gasteiger partial charge on any atom is 0.422 e. The Morgan fingerprint density at radius 2 is 1.90 bits per heavy atom. The zero-order valence-corrected chi connectivity index (χ0v) is 23.2. The van der Waals surface area contributed by atoms with Gasteiger partial charge >= 0.3 is 6.18 Å². The Kier molecular flexibility index (Phi) is 9.65. The number of benzene rings is 2. The minimum atomic E-state index is -4.87. The number of alkyl halides is 3. The van der Waals surface area contributed by atoms with Crippen molar-refractivity contribution in [1.29, 1.82) is 0 Å². The number of carbonyl (C=O) groups is 1. The van der Waals surface area contributed by atoms with Crippen molar-refractivity contribution in [2.24, 2.45) is 5.84 Å². The number of carbonyl (C=O) groups excluding carboxylic acids is 1. The third-order valence-corrected chi connectivity index (χ3v) is 6.20. The molecule has 1 fully saturated rings. The number of amides is 1. The third kappa shape index (κ3) is 8.07. The maximum atomic E-state index is 14.3. The van der Waals surface area contributed by atoms with Crippen LogP contribution >= 0.6 is 11.6 Å². The lowest BCUT2D eigenvalue weighted by atomic mass is 10.0. The van der Waals surface area contributed by atoms with Gasteiger partial charge in [0.1, 0.15) is 5.56 Å². The number of halogens is 4. The van der Waals surface area contributed by atoms with E-state index in [9.17, 15) is 18.0 Å². The molecule has 14 heteroatoms. The number of ether oxygens (including phenoxy) is 1. The molecule has 0 unspecified atom stereocenters. The summed E-state index contributed by atoms with van der Waals surface area (Å²) in [5, 5.41) is 5.70. The number of likely N-dealkylation sites (N-methyl/N-ethyl adjacent to an activating group) is 1. The van der Waals surface area contributed by atoms with Crippen LogP contribution in [-0.2, 0) is 15.7 Å². The van der Waals surface area contributed by atoms with Gasteiger partial charge in [0.05, 0.1) is 18.9 Å². The minimum Gasteiger partial charge on any atom is -0.378 e. The number of nitrogens with one attached hydrogen (secondary N) is 3. The van der Waals surface area contributed by atoms with Crippen molar-refractivity contribution in [3.63, 3.8) is 0 Å². The Labute approximate surface area is 240 Å². The van der Waals surface area contributed by atoms with Gasteiger partial charge in [0.15, 0.2) is 5.82 Å². The van der Waals surface area contributed by atoms with E-state index < -0.39 is 29.2 Å². The fourth-order valence-electron chi connectivity index (χ4n) is 4.18. The molecule has 4 rings (SSSR count). The Morgan fingerprint density at radius 1 is 1.15 bits per heavy atom. The molecule has 0 radical (unpaired) electrons. The summed E-state index contributed by atoms with van der Waals surface area (Å²) < 4.78 is 48.3. The number of rotatable bonds is 9. The Bertz CT molecular complexity index is 1410. The van der Waals surface area contributed by atoms with E-state index >= 15 is 0 Å². The van der Waals surface area contributed by atoms with E-state index in [0.717, 1.165) is 5.69 Å². The van der Waals surface area contributed by atoms with E-state index in [1.807, 2.05) is 42.6 Å². The van der Waals surface area contributed by atoms with E-state index in [1.54, 1.807) is 12.1 Å². The summed E-state index contributed by atoms with van der Waals surface area (Å²) in [4.78, 5) is 24.6. The molecule has 0 saturated carbocycles. The van der Waals surface area contributed by atoms with E-state index in [4.69, 9.17) is 22.2 Å². The fraction of sp³-hybridized carbons (Fsp3) is 0.296. The molecule has 1 aliphatic heterocycles. The van der Waals surface area contributed by atoms with Crippen LogP contribution in [0.15, 0.2) is 54.6 Å². The first-order valence-electron chi connectivity index (χ1n) is 12.6. The molecule has 1 saturated heterocycles. The molecule has 1 aliphatic rings. The summed E-state index contributed by atoms with van der Waals surface area (Å²) >= 11 is 6.26.